The number of rotatable bonds is 3. The summed E-state index contributed by atoms with van der Waals surface area (Å²) in [6.07, 6.45) is 2.51. The molecule has 0 bridgehead atoms. The van der Waals surface area contributed by atoms with E-state index in [4.69, 9.17) is 4.74 Å². The first-order chi connectivity index (χ1) is 7.28. The minimum absolute atomic E-state index is 0.404. The van der Waals surface area contributed by atoms with Gasteiger partial charge in [-0.25, -0.2) is 0 Å². The maximum absolute atomic E-state index is 11.1. The zero-order chi connectivity index (χ0) is 10.7. The van der Waals surface area contributed by atoms with Crippen molar-refractivity contribution in [2.24, 2.45) is 0 Å². The summed E-state index contributed by atoms with van der Waals surface area (Å²) in [6.45, 7) is 0. The Balaban J connectivity index is 1.96. The fourth-order valence-corrected chi connectivity index (χ4v) is 2.91. The first-order valence-electron chi connectivity index (χ1n) is 5.10. The largest absolute Gasteiger partial charge is 0.497 e. The van der Waals surface area contributed by atoms with Crippen LogP contribution < -0.4 is 4.74 Å². The van der Waals surface area contributed by atoms with Gasteiger partial charge in [-0.3, -0.25) is 4.79 Å². The normalized spacial score (nSPS) is 20.6. The fourth-order valence-electron chi connectivity index (χ4n) is 1.73. The molecule has 0 aliphatic heterocycles. The van der Waals surface area contributed by atoms with E-state index in [-0.39, 0.29) is 0 Å². The van der Waals surface area contributed by atoms with E-state index in [0.29, 0.717) is 11.0 Å². The van der Waals surface area contributed by atoms with Crippen molar-refractivity contribution >= 4 is 17.5 Å². The molecule has 0 amide bonds. The molecule has 1 fully saturated rings. The number of Topliss-reactive ketones (excluding diaryl/α,β-unsaturated/α-hetero) is 1. The molecule has 0 N–H and O–H groups in total. The van der Waals surface area contributed by atoms with Gasteiger partial charge in [0.2, 0.25) is 0 Å². The molecule has 2 rings (SSSR count). The minimum atomic E-state index is 0.404. The predicted molar refractivity (Wildman–Crippen MR) is 61.5 cm³/mol. The van der Waals surface area contributed by atoms with E-state index in [2.05, 4.69) is 0 Å². The lowest BCUT2D eigenvalue weighted by Gasteiger charge is -2.08. The summed E-state index contributed by atoms with van der Waals surface area (Å²) < 4.78 is 5.09. The van der Waals surface area contributed by atoms with Gasteiger partial charge in [0.1, 0.15) is 11.5 Å². The Labute approximate surface area is 94.0 Å². The van der Waals surface area contributed by atoms with Crippen LogP contribution in [0.25, 0.3) is 0 Å². The molecule has 0 spiro atoms. The van der Waals surface area contributed by atoms with Crippen LogP contribution in [0.4, 0.5) is 0 Å². The first kappa shape index (κ1) is 10.6. The minimum Gasteiger partial charge on any atom is -0.497 e. The van der Waals surface area contributed by atoms with Crippen molar-refractivity contribution in [2.45, 2.75) is 29.4 Å². The summed E-state index contributed by atoms with van der Waals surface area (Å²) >= 11 is 1.80. The number of methoxy groups -OCH3 is 1. The summed E-state index contributed by atoms with van der Waals surface area (Å²) in [5.41, 5.74) is 0. The number of thioether (sulfide) groups is 1. The Morgan fingerprint density at radius 1 is 1.33 bits per heavy atom. The van der Waals surface area contributed by atoms with Gasteiger partial charge in [-0.1, -0.05) is 0 Å². The summed E-state index contributed by atoms with van der Waals surface area (Å²) in [4.78, 5) is 12.3. The number of carbonyl (C=O) groups is 1. The lowest BCUT2D eigenvalue weighted by atomic mass is 10.3. The molecule has 1 aromatic rings. The summed E-state index contributed by atoms with van der Waals surface area (Å²) in [7, 11) is 1.66. The van der Waals surface area contributed by atoms with E-state index in [1.165, 1.54) is 4.90 Å². The lowest BCUT2D eigenvalue weighted by Crippen LogP contribution is -1.95. The van der Waals surface area contributed by atoms with Gasteiger partial charge in [0, 0.05) is 23.0 Å². The van der Waals surface area contributed by atoms with Gasteiger partial charge >= 0.3 is 0 Å². The van der Waals surface area contributed by atoms with Gasteiger partial charge in [0.15, 0.2) is 0 Å². The number of carbonyl (C=O) groups excluding carboxylic acids is 1. The second-order valence-corrected chi connectivity index (χ2v) is 5.07. The van der Waals surface area contributed by atoms with Crippen molar-refractivity contribution in [2.75, 3.05) is 7.11 Å². The second-order valence-electron chi connectivity index (χ2n) is 3.70. The van der Waals surface area contributed by atoms with Gasteiger partial charge in [0.05, 0.1) is 7.11 Å². The van der Waals surface area contributed by atoms with Gasteiger partial charge in [-0.15, -0.1) is 11.8 Å². The monoisotopic (exact) mass is 222 g/mol. The third-order valence-corrected chi connectivity index (χ3v) is 3.84. The highest BCUT2D eigenvalue weighted by atomic mass is 32.2. The molecule has 3 heteroatoms. The Morgan fingerprint density at radius 3 is 2.60 bits per heavy atom. The Kier molecular flexibility index (Phi) is 3.31. The number of ether oxygens (including phenoxy) is 1. The van der Waals surface area contributed by atoms with Gasteiger partial charge in [0.25, 0.3) is 0 Å². The molecular formula is C12H14O2S. The highest BCUT2D eigenvalue weighted by Gasteiger charge is 2.22. The lowest BCUT2D eigenvalue weighted by molar-refractivity contribution is -0.117. The molecule has 80 valence electrons. The van der Waals surface area contributed by atoms with E-state index in [0.717, 1.165) is 25.0 Å². The van der Waals surface area contributed by atoms with Crippen LogP contribution in [0.3, 0.4) is 0 Å². The average molecular weight is 222 g/mol. The molecular weight excluding hydrogens is 208 g/mol. The van der Waals surface area contributed by atoms with Crippen LogP contribution in [0, 0.1) is 0 Å². The predicted octanol–water partition coefficient (Wildman–Crippen LogP) is 2.91. The third kappa shape index (κ3) is 2.75. The standard InChI is InChI=1S/C12H14O2S/c1-14-10-3-6-11(7-4-10)15-12-5-2-9(13)8-12/h3-4,6-7,12H,2,5,8H2,1H3. The van der Waals surface area contributed by atoms with Crippen LogP contribution in [0.15, 0.2) is 29.2 Å². The van der Waals surface area contributed by atoms with E-state index in [1.807, 2.05) is 24.3 Å². The van der Waals surface area contributed by atoms with E-state index in [1.54, 1.807) is 18.9 Å². The van der Waals surface area contributed by atoms with Crippen molar-refractivity contribution in [1.29, 1.82) is 0 Å². The van der Waals surface area contributed by atoms with Crippen LogP contribution in [0.5, 0.6) is 5.75 Å². The quantitative estimate of drug-likeness (QED) is 0.786. The van der Waals surface area contributed by atoms with Crippen LogP contribution in [0.2, 0.25) is 0 Å². The average Bonchev–Trinajstić information content (AvgIpc) is 2.65. The highest BCUT2D eigenvalue weighted by Crippen LogP contribution is 2.33. The first-order valence-corrected chi connectivity index (χ1v) is 5.98. The number of hydrogen-bond acceptors (Lipinski definition) is 3. The van der Waals surface area contributed by atoms with Crippen molar-refractivity contribution in [3.63, 3.8) is 0 Å². The van der Waals surface area contributed by atoms with E-state index >= 15 is 0 Å². The van der Waals surface area contributed by atoms with Gasteiger partial charge in [-0.2, -0.15) is 0 Å². The molecule has 0 saturated heterocycles. The van der Waals surface area contributed by atoms with Crippen LogP contribution in [0.1, 0.15) is 19.3 Å². The molecule has 1 unspecified atom stereocenters. The summed E-state index contributed by atoms with van der Waals surface area (Å²) in [6, 6.07) is 8.01. The van der Waals surface area contributed by atoms with Crippen molar-refractivity contribution in [1.82, 2.24) is 0 Å². The summed E-state index contributed by atoms with van der Waals surface area (Å²) in [5.74, 6) is 1.28. The third-order valence-electron chi connectivity index (χ3n) is 2.56. The van der Waals surface area contributed by atoms with Crippen LogP contribution in [-0.4, -0.2) is 18.1 Å². The molecule has 0 aromatic heterocycles. The van der Waals surface area contributed by atoms with E-state index < -0.39 is 0 Å². The molecule has 1 saturated carbocycles. The van der Waals surface area contributed by atoms with Gasteiger partial charge < -0.3 is 4.74 Å². The van der Waals surface area contributed by atoms with E-state index in [9.17, 15) is 4.79 Å². The van der Waals surface area contributed by atoms with Crippen molar-refractivity contribution in [3.8, 4) is 5.75 Å². The Morgan fingerprint density at radius 2 is 2.07 bits per heavy atom. The molecule has 0 radical (unpaired) electrons. The zero-order valence-electron chi connectivity index (χ0n) is 8.73. The molecule has 2 nitrogen and oxygen atoms in total. The molecule has 1 atom stereocenters. The topological polar surface area (TPSA) is 26.3 Å². The molecule has 1 aliphatic rings. The van der Waals surface area contributed by atoms with Crippen molar-refractivity contribution < 1.29 is 9.53 Å². The summed E-state index contributed by atoms with van der Waals surface area (Å²) in [5, 5.41) is 0.478. The Hall–Kier alpha value is -0.960. The number of benzene rings is 1. The molecule has 1 aliphatic carbocycles. The maximum Gasteiger partial charge on any atom is 0.134 e. The number of hydrogen-bond donors (Lipinski definition) is 0. The second kappa shape index (κ2) is 4.71. The molecule has 0 heterocycles. The maximum atomic E-state index is 11.1. The number of ketones is 1. The smallest absolute Gasteiger partial charge is 0.134 e. The van der Waals surface area contributed by atoms with Gasteiger partial charge in [-0.05, 0) is 30.7 Å². The highest BCUT2D eigenvalue weighted by molar-refractivity contribution is 8.00. The van der Waals surface area contributed by atoms with Crippen molar-refractivity contribution in [3.05, 3.63) is 24.3 Å². The fraction of sp³-hybridized carbons (Fsp3) is 0.417. The Bertz CT molecular complexity index is 345. The molecule has 15 heavy (non-hydrogen) atoms. The van der Waals surface area contributed by atoms with Crippen LogP contribution in [-0.2, 0) is 4.79 Å². The van der Waals surface area contributed by atoms with Crippen LogP contribution >= 0.6 is 11.8 Å². The zero-order valence-corrected chi connectivity index (χ0v) is 9.55. The molecule has 1 aromatic carbocycles. The SMILES string of the molecule is COc1ccc(SC2CCC(=O)C2)cc1.